The van der Waals surface area contributed by atoms with Crippen LogP contribution >= 0.6 is 0 Å². The third kappa shape index (κ3) is 1.65. The predicted octanol–water partition coefficient (Wildman–Crippen LogP) is 0.386. The molecule has 0 bridgehead atoms. The predicted molar refractivity (Wildman–Crippen MR) is 56.3 cm³/mol. The zero-order valence-corrected chi connectivity index (χ0v) is 8.57. The smallest absolute Gasteiger partial charge is 0.338 e. The highest BCUT2D eigenvalue weighted by Crippen LogP contribution is 2.35. The van der Waals surface area contributed by atoms with Crippen LogP contribution in [0.15, 0.2) is 12.1 Å². The van der Waals surface area contributed by atoms with Crippen LogP contribution in [0.3, 0.4) is 0 Å². The lowest BCUT2D eigenvalue weighted by atomic mass is 10.1. The second-order valence-corrected chi connectivity index (χ2v) is 3.27. The first-order valence-electron chi connectivity index (χ1n) is 4.56. The van der Waals surface area contributed by atoms with Crippen LogP contribution in [0.5, 0.6) is 5.75 Å². The van der Waals surface area contributed by atoms with Gasteiger partial charge in [0.25, 0.3) is 5.91 Å². The Hall–Kier alpha value is -2.24. The van der Waals surface area contributed by atoms with Gasteiger partial charge in [0.15, 0.2) is 12.4 Å². The molecule has 0 fully saturated rings. The van der Waals surface area contributed by atoms with Crippen molar-refractivity contribution in [3.05, 3.63) is 17.7 Å². The Balaban J connectivity index is 2.47. The molecule has 3 N–H and O–H groups in total. The van der Waals surface area contributed by atoms with Gasteiger partial charge in [0.2, 0.25) is 0 Å². The van der Waals surface area contributed by atoms with Gasteiger partial charge in [-0.05, 0) is 12.1 Å². The van der Waals surface area contributed by atoms with E-state index in [2.05, 4.69) is 10.1 Å². The maximum Gasteiger partial charge on any atom is 0.338 e. The monoisotopic (exact) mass is 222 g/mol. The standard InChI is InChI=1S/C10H10N2O4/c1-15-10(14)5-2-6(11)9-7(3-5)12-8(13)4-16-9/h2-3H,4,11H2,1H3,(H,12,13). The third-order valence-corrected chi connectivity index (χ3v) is 2.16. The van der Waals surface area contributed by atoms with E-state index in [0.29, 0.717) is 11.4 Å². The van der Waals surface area contributed by atoms with Crippen LogP contribution < -0.4 is 15.8 Å². The molecule has 2 rings (SSSR count). The average Bonchev–Trinajstić information content (AvgIpc) is 2.27. The molecule has 1 amide bonds. The molecule has 1 aromatic carbocycles. The molecule has 0 atom stereocenters. The summed E-state index contributed by atoms with van der Waals surface area (Å²) in [5, 5.41) is 2.57. The fourth-order valence-corrected chi connectivity index (χ4v) is 1.46. The van der Waals surface area contributed by atoms with Gasteiger partial charge in [0.05, 0.1) is 24.0 Å². The Morgan fingerprint density at radius 2 is 2.31 bits per heavy atom. The summed E-state index contributed by atoms with van der Waals surface area (Å²) in [5.41, 5.74) is 6.64. The number of amides is 1. The lowest BCUT2D eigenvalue weighted by molar-refractivity contribution is -0.118. The van der Waals surface area contributed by atoms with Crippen LogP contribution in [0, 0.1) is 0 Å². The Kier molecular flexibility index (Phi) is 2.40. The molecule has 0 aromatic heterocycles. The number of nitrogens with one attached hydrogen (secondary N) is 1. The second-order valence-electron chi connectivity index (χ2n) is 3.27. The van der Waals surface area contributed by atoms with Crippen molar-refractivity contribution in [3.8, 4) is 5.75 Å². The number of carbonyl (C=O) groups excluding carboxylic acids is 2. The number of nitrogen functional groups attached to an aromatic ring is 1. The number of nitrogens with two attached hydrogens (primary N) is 1. The van der Waals surface area contributed by atoms with Crippen molar-refractivity contribution in [1.82, 2.24) is 0 Å². The summed E-state index contributed by atoms with van der Waals surface area (Å²) in [5.74, 6) is -0.421. The van der Waals surface area contributed by atoms with Gasteiger partial charge in [0, 0.05) is 0 Å². The van der Waals surface area contributed by atoms with E-state index in [-0.39, 0.29) is 23.8 Å². The number of hydrogen-bond donors (Lipinski definition) is 2. The minimum atomic E-state index is -0.519. The van der Waals surface area contributed by atoms with E-state index in [1.165, 1.54) is 19.2 Å². The maximum absolute atomic E-state index is 11.3. The summed E-state index contributed by atoms with van der Waals surface area (Å²) in [6, 6.07) is 2.91. The van der Waals surface area contributed by atoms with Gasteiger partial charge < -0.3 is 20.5 Å². The molecule has 1 aromatic rings. The zero-order valence-electron chi connectivity index (χ0n) is 8.57. The van der Waals surface area contributed by atoms with Crippen LogP contribution in [-0.4, -0.2) is 25.6 Å². The van der Waals surface area contributed by atoms with Crippen LogP contribution in [0.2, 0.25) is 0 Å². The van der Waals surface area contributed by atoms with Gasteiger partial charge >= 0.3 is 5.97 Å². The SMILES string of the molecule is COC(=O)c1cc(N)c2c(c1)NC(=O)CO2. The largest absolute Gasteiger partial charge is 0.479 e. The number of ether oxygens (including phenoxy) is 2. The number of methoxy groups -OCH3 is 1. The van der Waals surface area contributed by atoms with Crippen LogP contribution in [0.4, 0.5) is 11.4 Å². The van der Waals surface area contributed by atoms with Crippen LogP contribution in [-0.2, 0) is 9.53 Å². The van der Waals surface area contributed by atoms with E-state index >= 15 is 0 Å². The van der Waals surface area contributed by atoms with Gasteiger partial charge in [-0.15, -0.1) is 0 Å². The summed E-state index contributed by atoms with van der Waals surface area (Å²) < 4.78 is 9.71. The van der Waals surface area contributed by atoms with E-state index in [0.717, 1.165) is 0 Å². The number of rotatable bonds is 1. The molecule has 6 nitrogen and oxygen atoms in total. The highest BCUT2D eigenvalue weighted by Gasteiger charge is 2.21. The second kappa shape index (κ2) is 3.73. The Morgan fingerprint density at radius 3 is 3.00 bits per heavy atom. The third-order valence-electron chi connectivity index (χ3n) is 2.16. The summed E-state index contributed by atoms with van der Waals surface area (Å²) in [6.45, 7) is -0.0746. The van der Waals surface area contributed by atoms with Crippen molar-refractivity contribution in [3.63, 3.8) is 0 Å². The highest BCUT2D eigenvalue weighted by atomic mass is 16.5. The maximum atomic E-state index is 11.3. The minimum Gasteiger partial charge on any atom is -0.479 e. The van der Waals surface area contributed by atoms with Crippen molar-refractivity contribution in [2.24, 2.45) is 0 Å². The van der Waals surface area contributed by atoms with Crippen molar-refractivity contribution in [2.75, 3.05) is 24.8 Å². The van der Waals surface area contributed by atoms with E-state index in [9.17, 15) is 9.59 Å². The molecule has 1 heterocycles. The molecule has 16 heavy (non-hydrogen) atoms. The van der Waals surface area contributed by atoms with E-state index in [1.54, 1.807) is 0 Å². The van der Waals surface area contributed by atoms with E-state index in [1.807, 2.05) is 0 Å². The Labute approximate surface area is 91.3 Å². The topological polar surface area (TPSA) is 90.6 Å². The van der Waals surface area contributed by atoms with Gasteiger partial charge in [-0.1, -0.05) is 0 Å². The van der Waals surface area contributed by atoms with Gasteiger partial charge in [-0.2, -0.15) is 0 Å². The minimum absolute atomic E-state index is 0.0746. The Morgan fingerprint density at radius 1 is 1.56 bits per heavy atom. The highest BCUT2D eigenvalue weighted by molar-refractivity contribution is 6.00. The molecule has 0 unspecified atom stereocenters. The van der Waals surface area contributed by atoms with E-state index in [4.69, 9.17) is 10.5 Å². The first-order chi connectivity index (χ1) is 7.61. The molecule has 0 saturated heterocycles. The first kappa shape index (κ1) is 10.3. The number of carbonyl (C=O) groups is 2. The van der Waals surface area contributed by atoms with Gasteiger partial charge in [-0.25, -0.2) is 4.79 Å². The number of anilines is 2. The van der Waals surface area contributed by atoms with Gasteiger partial charge in [-0.3, -0.25) is 4.79 Å². The average molecular weight is 222 g/mol. The van der Waals surface area contributed by atoms with Crippen molar-refractivity contribution < 1.29 is 19.1 Å². The lowest BCUT2D eigenvalue weighted by Crippen LogP contribution is -2.26. The van der Waals surface area contributed by atoms with Crippen LogP contribution in [0.25, 0.3) is 0 Å². The first-order valence-corrected chi connectivity index (χ1v) is 4.56. The van der Waals surface area contributed by atoms with Crippen molar-refractivity contribution >= 4 is 23.3 Å². The lowest BCUT2D eigenvalue weighted by Gasteiger charge is -2.19. The fourth-order valence-electron chi connectivity index (χ4n) is 1.46. The molecule has 0 spiro atoms. The molecule has 1 aliphatic heterocycles. The number of benzene rings is 1. The normalized spacial score (nSPS) is 13.4. The molecule has 1 aliphatic rings. The fraction of sp³-hybridized carbons (Fsp3) is 0.200. The Bertz CT molecular complexity index is 470. The molecule has 6 heteroatoms. The molecule has 84 valence electrons. The van der Waals surface area contributed by atoms with Crippen molar-refractivity contribution in [1.29, 1.82) is 0 Å². The zero-order chi connectivity index (χ0) is 11.7. The number of hydrogen-bond acceptors (Lipinski definition) is 5. The molecule has 0 aliphatic carbocycles. The van der Waals surface area contributed by atoms with Crippen LogP contribution in [0.1, 0.15) is 10.4 Å². The summed E-state index contributed by atoms with van der Waals surface area (Å²) in [4.78, 5) is 22.4. The number of esters is 1. The summed E-state index contributed by atoms with van der Waals surface area (Å²) in [7, 11) is 1.27. The molecular formula is C10H10N2O4. The van der Waals surface area contributed by atoms with Gasteiger partial charge in [0.1, 0.15) is 0 Å². The summed E-state index contributed by atoms with van der Waals surface area (Å²) in [6.07, 6.45) is 0. The summed E-state index contributed by atoms with van der Waals surface area (Å²) >= 11 is 0. The molecule has 0 radical (unpaired) electrons. The molecular weight excluding hydrogens is 212 g/mol. The van der Waals surface area contributed by atoms with Crippen molar-refractivity contribution in [2.45, 2.75) is 0 Å². The quantitative estimate of drug-likeness (QED) is 0.529. The molecule has 0 saturated carbocycles. The number of fused-ring (bicyclic) bond motifs is 1. The van der Waals surface area contributed by atoms with E-state index < -0.39 is 5.97 Å².